The van der Waals surface area contributed by atoms with E-state index in [0.717, 1.165) is 37.3 Å². The molecular weight excluding hydrogens is 292 g/mol. The summed E-state index contributed by atoms with van der Waals surface area (Å²) in [6.07, 6.45) is 2.98. The molecule has 124 valence electrons. The maximum atomic E-state index is 12.5. The Labute approximate surface area is 136 Å². The van der Waals surface area contributed by atoms with E-state index in [1.165, 1.54) is 5.56 Å². The van der Waals surface area contributed by atoms with E-state index in [4.69, 9.17) is 9.47 Å². The minimum atomic E-state index is 0.114. The number of hydrogen-bond acceptors (Lipinski definition) is 4. The van der Waals surface area contributed by atoms with Crippen molar-refractivity contribution in [1.82, 2.24) is 10.6 Å². The van der Waals surface area contributed by atoms with Crippen molar-refractivity contribution < 1.29 is 14.3 Å². The average Bonchev–Trinajstić information content (AvgIpc) is 3.35. The van der Waals surface area contributed by atoms with Gasteiger partial charge in [0, 0.05) is 18.0 Å². The fraction of sp³-hybridized carbons (Fsp3) is 0.611. The zero-order valence-corrected chi connectivity index (χ0v) is 13.5. The highest BCUT2D eigenvalue weighted by Crippen LogP contribution is 2.49. The molecule has 5 heteroatoms. The molecule has 2 fully saturated rings. The van der Waals surface area contributed by atoms with Crippen LogP contribution in [0.3, 0.4) is 0 Å². The zero-order chi connectivity index (χ0) is 15.8. The molecule has 23 heavy (non-hydrogen) atoms. The highest BCUT2D eigenvalue weighted by Gasteiger charge is 2.44. The topological polar surface area (TPSA) is 59.6 Å². The van der Waals surface area contributed by atoms with Crippen LogP contribution in [0.5, 0.6) is 11.5 Å². The Morgan fingerprint density at radius 3 is 2.87 bits per heavy atom. The molecule has 0 radical (unpaired) electrons. The number of ether oxygens (including phenoxy) is 2. The van der Waals surface area contributed by atoms with E-state index in [-0.39, 0.29) is 11.8 Å². The fourth-order valence-corrected chi connectivity index (χ4v) is 3.71. The van der Waals surface area contributed by atoms with Crippen molar-refractivity contribution in [3.05, 3.63) is 23.8 Å². The Morgan fingerprint density at radius 2 is 2.04 bits per heavy atom. The van der Waals surface area contributed by atoms with Crippen molar-refractivity contribution in [3.8, 4) is 11.5 Å². The number of hydrogen-bond donors (Lipinski definition) is 2. The van der Waals surface area contributed by atoms with Crippen LogP contribution in [0.25, 0.3) is 0 Å². The summed E-state index contributed by atoms with van der Waals surface area (Å²) in [7, 11) is 0. The van der Waals surface area contributed by atoms with E-state index in [0.29, 0.717) is 31.2 Å². The highest BCUT2D eigenvalue weighted by molar-refractivity contribution is 5.83. The number of amides is 1. The molecule has 0 spiro atoms. The van der Waals surface area contributed by atoms with Gasteiger partial charge in [0.05, 0.1) is 0 Å². The largest absolute Gasteiger partial charge is 0.486 e. The van der Waals surface area contributed by atoms with Crippen molar-refractivity contribution in [2.24, 2.45) is 5.92 Å². The van der Waals surface area contributed by atoms with Gasteiger partial charge in [-0.2, -0.15) is 0 Å². The van der Waals surface area contributed by atoms with Gasteiger partial charge in [-0.15, -0.1) is 0 Å². The summed E-state index contributed by atoms with van der Waals surface area (Å²) < 4.78 is 11.2. The number of carbonyl (C=O) groups is 1. The summed E-state index contributed by atoms with van der Waals surface area (Å²) in [6.45, 7) is 4.37. The Bertz CT molecular complexity index is 604. The van der Waals surface area contributed by atoms with E-state index < -0.39 is 0 Å². The van der Waals surface area contributed by atoms with Crippen molar-refractivity contribution in [2.45, 2.75) is 44.2 Å². The second kappa shape index (κ2) is 6.04. The van der Waals surface area contributed by atoms with E-state index in [2.05, 4.69) is 23.6 Å². The van der Waals surface area contributed by atoms with Crippen molar-refractivity contribution >= 4 is 5.91 Å². The SMILES string of the molecule is CC1CC(NC(=O)C2CC2c2ccc3c(c2)OCCO3)CCN1. The van der Waals surface area contributed by atoms with Crippen LogP contribution >= 0.6 is 0 Å². The summed E-state index contributed by atoms with van der Waals surface area (Å²) in [5, 5.41) is 6.65. The third-order valence-corrected chi connectivity index (χ3v) is 5.09. The molecule has 1 saturated heterocycles. The highest BCUT2D eigenvalue weighted by atomic mass is 16.6. The quantitative estimate of drug-likeness (QED) is 0.893. The lowest BCUT2D eigenvalue weighted by Gasteiger charge is -2.28. The van der Waals surface area contributed by atoms with Gasteiger partial charge in [0.1, 0.15) is 13.2 Å². The molecule has 1 aromatic rings. The number of rotatable bonds is 3. The van der Waals surface area contributed by atoms with Crippen LogP contribution in [0.1, 0.15) is 37.7 Å². The van der Waals surface area contributed by atoms with Gasteiger partial charge in [0.25, 0.3) is 0 Å². The van der Waals surface area contributed by atoms with Crippen LogP contribution in [0.4, 0.5) is 0 Å². The molecule has 2 aliphatic heterocycles. The standard InChI is InChI=1S/C18H24N2O3/c1-11-8-13(4-5-19-11)20-18(21)15-10-14(15)12-2-3-16-17(9-12)23-7-6-22-16/h2-3,9,11,13-15,19H,4-8,10H2,1H3,(H,20,21). The summed E-state index contributed by atoms with van der Waals surface area (Å²) in [6, 6.07) is 6.88. The molecule has 1 amide bonds. The molecule has 2 heterocycles. The van der Waals surface area contributed by atoms with Crippen molar-refractivity contribution in [1.29, 1.82) is 0 Å². The second-order valence-electron chi connectivity index (χ2n) is 6.94. The zero-order valence-electron chi connectivity index (χ0n) is 13.5. The van der Waals surface area contributed by atoms with Gasteiger partial charge in [0.15, 0.2) is 11.5 Å². The number of nitrogens with one attached hydrogen (secondary N) is 2. The molecule has 1 aromatic carbocycles. The maximum Gasteiger partial charge on any atom is 0.223 e. The van der Waals surface area contributed by atoms with E-state index in [1.54, 1.807) is 0 Å². The first kappa shape index (κ1) is 14.8. The van der Waals surface area contributed by atoms with Crippen LogP contribution in [0, 0.1) is 5.92 Å². The van der Waals surface area contributed by atoms with E-state index in [1.807, 2.05) is 12.1 Å². The van der Waals surface area contributed by atoms with Crippen LogP contribution in [0.15, 0.2) is 18.2 Å². The molecule has 5 nitrogen and oxygen atoms in total. The fourth-order valence-electron chi connectivity index (χ4n) is 3.71. The average molecular weight is 316 g/mol. The monoisotopic (exact) mass is 316 g/mol. The molecule has 4 unspecified atom stereocenters. The normalized spacial score (nSPS) is 32.2. The summed E-state index contributed by atoms with van der Waals surface area (Å²) in [4.78, 5) is 12.5. The maximum absolute atomic E-state index is 12.5. The first-order chi connectivity index (χ1) is 11.2. The van der Waals surface area contributed by atoms with Gasteiger partial charge < -0.3 is 20.1 Å². The van der Waals surface area contributed by atoms with E-state index >= 15 is 0 Å². The number of piperidine rings is 1. The molecule has 1 aliphatic carbocycles. The summed E-state index contributed by atoms with van der Waals surface area (Å²) in [5.41, 5.74) is 1.19. The molecule has 3 aliphatic rings. The Hall–Kier alpha value is -1.75. The molecule has 0 bridgehead atoms. The van der Waals surface area contributed by atoms with Crippen LogP contribution in [-0.4, -0.2) is 37.7 Å². The predicted octanol–water partition coefficient (Wildman–Crippen LogP) is 1.82. The minimum Gasteiger partial charge on any atom is -0.486 e. The Kier molecular flexibility index (Phi) is 3.89. The van der Waals surface area contributed by atoms with Crippen molar-refractivity contribution in [2.75, 3.05) is 19.8 Å². The number of fused-ring (bicyclic) bond motifs is 1. The van der Waals surface area contributed by atoms with Gasteiger partial charge in [-0.1, -0.05) is 6.07 Å². The molecule has 4 rings (SSSR count). The number of benzene rings is 1. The van der Waals surface area contributed by atoms with Crippen molar-refractivity contribution in [3.63, 3.8) is 0 Å². The third kappa shape index (κ3) is 3.15. The van der Waals surface area contributed by atoms with Crippen LogP contribution < -0.4 is 20.1 Å². The second-order valence-corrected chi connectivity index (χ2v) is 6.94. The van der Waals surface area contributed by atoms with Gasteiger partial charge in [-0.05, 0) is 56.3 Å². The third-order valence-electron chi connectivity index (χ3n) is 5.09. The molecule has 1 saturated carbocycles. The first-order valence-electron chi connectivity index (χ1n) is 8.64. The smallest absolute Gasteiger partial charge is 0.223 e. The molecule has 2 N–H and O–H groups in total. The molecular formula is C18H24N2O3. The first-order valence-corrected chi connectivity index (χ1v) is 8.64. The van der Waals surface area contributed by atoms with Crippen LogP contribution in [0.2, 0.25) is 0 Å². The lowest BCUT2D eigenvalue weighted by Crippen LogP contribution is -2.47. The summed E-state index contributed by atoms with van der Waals surface area (Å²) in [5.74, 6) is 2.27. The van der Waals surface area contributed by atoms with E-state index in [9.17, 15) is 4.79 Å². The molecule has 4 atom stereocenters. The van der Waals surface area contributed by atoms with Gasteiger partial charge >= 0.3 is 0 Å². The van der Waals surface area contributed by atoms with Gasteiger partial charge in [0.2, 0.25) is 5.91 Å². The Balaban J connectivity index is 1.37. The minimum absolute atomic E-state index is 0.114. The lowest BCUT2D eigenvalue weighted by molar-refractivity contribution is -0.123. The van der Waals surface area contributed by atoms with Gasteiger partial charge in [-0.25, -0.2) is 0 Å². The lowest BCUT2D eigenvalue weighted by atomic mass is 10.00. The summed E-state index contributed by atoms with van der Waals surface area (Å²) >= 11 is 0. The Morgan fingerprint density at radius 1 is 1.22 bits per heavy atom. The van der Waals surface area contributed by atoms with Crippen LogP contribution in [-0.2, 0) is 4.79 Å². The predicted molar refractivity (Wildman–Crippen MR) is 86.9 cm³/mol. The van der Waals surface area contributed by atoms with Gasteiger partial charge in [-0.3, -0.25) is 4.79 Å². The number of carbonyl (C=O) groups excluding carboxylic acids is 1. The molecule has 0 aromatic heterocycles.